The molecule has 2 rings (SSSR count). The van der Waals surface area contributed by atoms with Gasteiger partial charge >= 0.3 is 0 Å². The molecule has 0 saturated carbocycles. The maximum absolute atomic E-state index is 12.8. The number of alkyl halides is 1. The first-order chi connectivity index (χ1) is 9.05. The number of aryl methyl sites for hydroxylation is 1. The predicted molar refractivity (Wildman–Crippen MR) is 75.7 cm³/mol. The van der Waals surface area contributed by atoms with Gasteiger partial charge < -0.3 is 5.11 Å². The molecule has 0 saturated heterocycles. The summed E-state index contributed by atoms with van der Waals surface area (Å²) < 4.78 is 12.8. The molecular formula is C16H16ClFO. The van der Waals surface area contributed by atoms with Crippen LogP contribution in [0.4, 0.5) is 4.39 Å². The minimum absolute atomic E-state index is 0.255. The minimum atomic E-state index is -1.27. The summed E-state index contributed by atoms with van der Waals surface area (Å²) in [6.07, 6.45) is 1.44. The molecule has 19 heavy (non-hydrogen) atoms. The third-order valence-corrected chi connectivity index (χ3v) is 3.35. The predicted octanol–water partition coefficient (Wildman–Crippen LogP) is 3.93. The smallest absolute Gasteiger partial charge is 0.142 e. The lowest BCUT2D eigenvalue weighted by molar-refractivity contribution is 0.119. The zero-order valence-electron chi connectivity index (χ0n) is 10.5. The average Bonchev–Trinajstić information content (AvgIpc) is 2.39. The molecule has 0 aliphatic carbocycles. The second-order valence-electron chi connectivity index (χ2n) is 4.71. The van der Waals surface area contributed by atoms with Crippen molar-refractivity contribution in [3.05, 3.63) is 71.5 Å². The quantitative estimate of drug-likeness (QED) is 0.822. The van der Waals surface area contributed by atoms with Gasteiger partial charge in [-0.25, -0.2) is 4.39 Å². The molecule has 1 nitrogen and oxygen atoms in total. The molecule has 3 heteroatoms. The first-order valence-electron chi connectivity index (χ1n) is 6.25. The Morgan fingerprint density at radius 3 is 2.21 bits per heavy atom. The van der Waals surface area contributed by atoms with Crippen molar-refractivity contribution < 1.29 is 9.50 Å². The number of hydrogen-bond acceptors (Lipinski definition) is 1. The molecule has 0 fully saturated rings. The Kier molecular flexibility index (Phi) is 4.56. The summed E-state index contributed by atoms with van der Waals surface area (Å²) in [5, 5.41) is 8.91. The lowest BCUT2D eigenvalue weighted by atomic mass is 10.0. The molecule has 0 aromatic heterocycles. The van der Waals surface area contributed by atoms with Crippen LogP contribution in [0.25, 0.3) is 0 Å². The van der Waals surface area contributed by atoms with Crippen molar-refractivity contribution in [1.29, 1.82) is 0 Å². The highest BCUT2D eigenvalue weighted by Gasteiger charge is 2.23. The molecule has 0 spiro atoms. The average molecular weight is 279 g/mol. The zero-order valence-corrected chi connectivity index (χ0v) is 11.3. The summed E-state index contributed by atoms with van der Waals surface area (Å²) in [5.41, 5.74) is 1.97. The Balaban J connectivity index is 1.92. The zero-order chi connectivity index (χ0) is 13.7. The highest BCUT2D eigenvalue weighted by atomic mass is 35.5. The van der Waals surface area contributed by atoms with Crippen molar-refractivity contribution in [2.24, 2.45) is 0 Å². The first kappa shape index (κ1) is 14.0. The van der Waals surface area contributed by atoms with Crippen LogP contribution in [0.5, 0.6) is 0 Å². The van der Waals surface area contributed by atoms with Gasteiger partial charge in [0.2, 0.25) is 0 Å². The molecule has 100 valence electrons. The summed E-state index contributed by atoms with van der Waals surface area (Å²) in [5.74, 6) is -0.255. The van der Waals surface area contributed by atoms with Crippen LogP contribution in [0, 0.1) is 5.82 Å². The molecule has 1 unspecified atom stereocenters. The molecule has 0 heterocycles. The number of benzene rings is 2. The van der Waals surface area contributed by atoms with E-state index >= 15 is 0 Å². The summed E-state index contributed by atoms with van der Waals surface area (Å²) in [7, 11) is 0. The third-order valence-electron chi connectivity index (χ3n) is 3.03. The summed E-state index contributed by atoms with van der Waals surface area (Å²) in [6, 6.07) is 15.9. The number of hydrogen-bond donors (Lipinski definition) is 1. The number of aliphatic hydroxyl groups is 1. The van der Waals surface area contributed by atoms with Crippen LogP contribution in [0.1, 0.15) is 17.5 Å². The highest BCUT2D eigenvalue weighted by Crippen LogP contribution is 2.24. The maximum Gasteiger partial charge on any atom is 0.142 e. The Morgan fingerprint density at radius 1 is 0.947 bits per heavy atom. The molecule has 0 radical (unpaired) electrons. The van der Waals surface area contributed by atoms with Crippen molar-refractivity contribution in [2.75, 3.05) is 0 Å². The number of rotatable bonds is 5. The Labute approximate surface area is 117 Å². The number of halogens is 2. The second-order valence-corrected chi connectivity index (χ2v) is 5.41. The van der Waals surface area contributed by atoms with Gasteiger partial charge in [0.15, 0.2) is 0 Å². The standard InChI is InChI=1S/C16H16ClFO/c17-16(19,12-14-4-2-1-3-5-14)11-10-13-6-8-15(18)9-7-13/h1-9,19H,10-12H2. The van der Waals surface area contributed by atoms with Crippen LogP contribution in [0.3, 0.4) is 0 Å². The van der Waals surface area contributed by atoms with E-state index in [0.29, 0.717) is 19.3 Å². The van der Waals surface area contributed by atoms with Gasteiger partial charge in [0.25, 0.3) is 0 Å². The van der Waals surface area contributed by atoms with Crippen LogP contribution < -0.4 is 0 Å². The van der Waals surface area contributed by atoms with E-state index in [4.69, 9.17) is 11.6 Å². The first-order valence-corrected chi connectivity index (χ1v) is 6.63. The Hall–Kier alpha value is -1.38. The van der Waals surface area contributed by atoms with Gasteiger partial charge in [-0.3, -0.25) is 0 Å². The van der Waals surface area contributed by atoms with Crippen LogP contribution in [-0.2, 0) is 12.8 Å². The topological polar surface area (TPSA) is 20.2 Å². The van der Waals surface area contributed by atoms with Gasteiger partial charge in [0.1, 0.15) is 10.9 Å². The molecule has 1 atom stereocenters. The van der Waals surface area contributed by atoms with E-state index < -0.39 is 5.06 Å². The van der Waals surface area contributed by atoms with Gasteiger partial charge in [-0.15, -0.1) is 0 Å². The SMILES string of the molecule is OC(Cl)(CCc1ccc(F)cc1)Cc1ccccc1. The molecule has 0 bridgehead atoms. The van der Waals surface area contributed by atoms with Crippen molar-refractivity contribution in [1.82, 2.24) is 0 Å². The van der Waals surface area contributed by atoms with Crippen molar-refractivity contribution in [3.63, 3.8) is 0 Å². The van der Waals surface area contributed by atoms with Gasteiger partial charge in [0, 0.05) is 6.42 Å². The molecule has 0 amide bonds. The largest absolute Gasteiger partial charge is 0.375 e. The van der Waals surface area contributed by atoms with Gasteiger partial charge in [-0.2, -0.15) is 0 Å². The van der Waals surface area contributed by atoms with Crippen LogP contribution in [-0.4, -0.2) is 10.2 Å². The molecule has 2 aromatic rings. The maximum atomic E-state index is 12.8. The molecular weight excluding hydrogens is 263 g/mol. The normalized spacial score (nSPS) is 14.1. The Morgan fingerprint density at radius 2 is 1.58 bits per heavy atom. The van der Waals surface area contributed by atoms with Crippen molar-refractivity contribution >= 4 is 11.6 Å². The monoisotopic (exact) mass is 278 g/mol. The van der Waals surface area contributed by atoms with Gasteiger partial charge in [-0.05, 0) is 36.1 Å². The molecule has 0 aliphatic heterocycles. The van der Waals surface area contributed by atoms with Crippen LogP contribution in [0.15, 0.2) is 54.6 Å². The van der Waals surface area contributed by atoms with Crippen molar-refractivity contribution in [2.45, 2.75) is 24.3 Å². The van der Waals surface area contributed by atoms with Gasteiger partial charge in [-0.1, -0.05) is 54.1 Å². The fourth-order valence-corrected chi connectivity index (χ4v) is 2.23. The van der Waals surface area contributed by atoms with E-state index in [-0.39, 0.29) is 5.82 Å². The Bertz CT molecular complexity index is 508. The fraction of sp³-hybridized carbons (Fsp3) is 0.250. The summed E-state index contributed by atoms with van der Waals surface area (Å²) in [4.78, 5) is 0. The second kappa shape index (κ2) is 6.18. The third kappa shape index (κ3) is 4.66. The fourth-order valence-electron chi connectivity index (χ4n) is 1.98. The summed E-state index contributed by atoms with van der Waals surface area (Å²) >= 11 is 6.13. The van der Waals surface area contributed by atoms with E-state index in [9.17, 15) is 9.50 Å². The van der Waals surface area contributed by atoms with E-state index in [2.05, 4.69) is 0 Å². The molecule has 0 aliphatic rings. The van der Waals surface area contributed by atoms with Crippen LogP contribution >= 0.6 is 11.6 Å². The van der Waals surface area contributed by atoms with Gasteiger partial charge in [0.05, 0.1) is 0 Å². The van der Waals surface area contributed by atoms with E-state index in [1.807, 2.05) is 30.3 Å². The lowest BCUT2D eigenvalue weighted by Gasteiger charge is -2.20. The highest BCUT2D eigenvalue weighted by molar-refractivity contribution is 6.22. The minimum Gasteiger partial charge on any atom is -0.375 e. The van der Waals surface area contributed by atoms with E-state index in [0.717, 1.165) is 11.1 Å². The molecule has 2 aromatic carbocycles. The lowest BCUT2D eigenvalue weighted by Crippen LogP contribution is -2.24. The van der Waals surface area contributed by atoms with Crippen molar-refractivity contribution in [3.8, 4) is 0 Å². The summed E-state index contributed by atoms with van der Waals surface area (Å²) in [6.45, 7) is 0. The van der Waals surface area contributed by atoms with E-state index in [1.54, 1.807) is 12.1 Å². The molecule has 1 N–H and O–H groups in total. The van der Waals surface area contributed by atoms with Crippen LogP contribution in [0.2, 0.25) is 0 Å². The van der Waals surface area contributed by atoms with E-state index in [1.165, 1.54) is 12.1 Å².